The molecule has 5 nitrogen and oxygen atoms in total. The lowest BCUT2D eigenvalue weighted by Crippen LogP contribution is -2.50. The Morgan fingerprint density at radius 3 is 2.56 bits per heavy atom. The fourth-order valence-electron chi connectivity index (χ4n) is 3.54. The highest BCUT2D eigenvalue weighted by Gasteiger charge is 2.28. The molecule has 0 spiro atoms. The van der Waals surface area contributed by atoms with Gasteiger partial charge in [-0.1, -0.05) is 29.8 Å². The summed E-state index contributed by atoms with van der Waals surface area (Å²) in [6.07, 6.45) is 1.59. The van der Waals surface area contributed by atoms with Gasteiger partial charge in [-0.2, -0.15) is 0 Å². The number of amides is 1. The monoisotopic (exact) mass is 381 g/mol. The summed E-state index contributed by atoms with van der Waals surface area (Å²) in [5.41, 5.74) is 3.51. The summed E-state index contributed by atoms with van der Waals surface area (Å²) in [6.45, 7) is 4.56. The van der Waals surface area contributed by atoms with Gasteiger partial charge in [0.05, 0.1) is 5.56 Å². The molecule has 1 aromatic heterocycles. The minimum atomic E-state index is -0.479. The van der Waals surface area contributed by atoms with E-state index in [9.17, 15) is 9.59 Å². The molecule has 1 amide bonds. The van der Waals surface area contributed by atoms with E-state index in [-0.39, 0.29) is 0 Å². The number of H-pyrrole nitrogens is 1. The predicted octanol–water partition coefficient (Wildman–Crippen LogP) is 3.66. The van der Waals surface area contributed by atoms with Crippen LogP contribution in [0.3, 0.4) is 0 Å². The van der Waals surface area contributed by atoms with Gasteiger partial charge in [0.15, 0.2) is 0 Å². The van der Waals surface area contributed by atoms with E-state index in [1.807, 2.05) is 6.07 Å². The van der Waals surface area contributed by atoms with Gasteiger partial charge in [0, 0.05) is 54.0 Å². The Morgan fingerprint density at radius 1 is 1.04 bits per heavy atom. The number of ketones is 1. The highest BCUT2D eigenvalue weighted by Crippen LogP contribution is 2.23. The second-order valence-electron chi connectivity index (χ2n) is 6.84. The number of anilines is 1. The lowest BCUT2D eigenvalue weighted by atomic mass is 10.1. The number of carbonyl (C=O) groups excluding carboxylic acids is 2. The van der Waals surface area contributed by atoms with Crippen LogP contribution in [0, 0.1) is 6.92 Å². The zero-order valence-corrected chi connectivity index (χ0v) is 15.8. The molecule has 0 unspecified atom stereocenters. The van der Waals surface area contributed by atoms with Crippen molar-refractivity contribution in [3.05, 3.63) is 64.8 Å². The van der Waals surface area contributed by atoms with Crippen LogP contribution in [0.2, 0.25) is 5.02 Å². The van der Waals surface area contributed by atoms with E-state index in [1.165, 1.54) is 5.56 Å². The van der Waals surface area contributed by atoms with Crippen LogP contribution in [0.15, 0.2) is 48.7 Å². The van der Waals surface area contributed by atoms with Crippen LogP contribution < -0.4 is 4.90 Å². The second-order valence-corrected chi connectivity index (χ2v) is 7.28. The van der Waals surface area contributed by atoms with Crippen LogP contribution in [0.1, 0.15) is 15.9 Å². The maximum atomic E-state index is 12.7. The number of aromatic amines is 1. The van der Waals surface area contributed by atoms with Gasteiger partial charge in [-0.25, -0.2) is 0 Å². The zero-order chi connectivity index (χ0) is 19.0. The van der Waals surface area contributed by atoms with Crippen molar-refractivity contribution < 1.29 is 9.59 Å². The number of halogens is 1. The van der Waals surface area contributed by atoms with E-state index in [0.717, 1.165) is 16.6 Å². The Kier molecular flexibility index (Phi) is 4.62. The lowest BCUT2D eigenvalue weighted by molar-refractivity contribution is -0.126. The molecule has 6 heteroatoms. The normalized spacial score (nSPS) is 14.6. The molecule has 1 aliphatic rings. The Labute approximate surface area is 162 Å². The van der Waals surface area contributed by atoms with E-state index in [2.05, 4.69) is 35.0 Å². The van der Waals surface area contributed by atoms with Gasteiger partial charge < -0.3 is 14.8 Å². The maximum absolute atomic E-state index is 12.7. The fourth-order valence-corrected chi connectivity index (χ4v) is 3.71. The SMILES string of the molecule is Cc1cccc(N2CCN(C(=O)C(=O)c3c[nH]c4cc(Cl)ccc34)CC2)c1. The molecule has 2 aromatic carbocycles. The molecule has 1 saturated heterocycles. The summed E-state index contributed by atoms with van der Waals surface area (Å²) in [5.74, 6) is -0.928. The lowest BCUT2D eigenvalue weighted by Gasteiger charge is -2.35. The first kappa shape index (κ1) is 17.6. The number of fused-ring (bicyclic) bond motifs is 1. The topological polar surface area (TPSA) is 56.4 Å². The average Bonchev–Trinajstić information content (AvgIpc) is 3.10. The molecule has 0 saturated carbocycles. The number of aryl methyl sites for hydroxylation is 1. The van der Waals surface area contributed by atoms with Gasteiger partial charge >= 0.3 is 0 Å². The quantitative estimate of drug-likeness (QED) is 0.556. The number of piperazine rings is 1. The van der Waals surface area contributed by atoms with Gasteiger partial charge in [-0.05, 0) is 36.8 Å². The zero-order valence-electron chi connectivity index (χ0n) is 15.0. The fraction of sp³-hybridized carbons (Fsp3) is 0.238. The summed E-state index contributed by atoms with van der Waals surface area (Å²) in [4.78, 5) is 32.4. The van der Waals surface area contributed by atoms with Gasteiger partial charge in [0.2, 0.25) is 0 Å². The van der Waals surface area contributed by atoms with Crippen LogP contribution in [-0.4, -0.2) is 47.8 Å². The number of aromatic nitrogens is 1. The molecule has 0 atom stereocenters. The molecule has 3 aromatic rings. The molecule has 27 heavy (non-hydrogen) atoms. The standard InChI is InChI=1S/C21H20ClN3O2/c1-14-3-2-4-16(11-14)24-7-9-25(10-8-24)21(27)20(26)18-13-23-19-12-15(22)5-6-17(18)19/h2-6,11-13,23H,7-10H2,1H3. The molecule has 0 aliphatic carbocycles. The van der Waals surface area contributed by atoms with Gasteiger partial charge in [-0.15, -0.1) is 0 Å². The summed E-state index contributed by atoms with van der Waals surface area (Å²) >= 11 is 5.98. The highest BCUT2D eigenvalue weighted by atomic mass is 35.5. The molecule has 1 fully saturated rings. The summed E-state index contributed by atoms with van der Waals surface area (Å²) in [7, 11) is 0. The number of rotatable bonds is 3. The van der Waals surface area contributed by atoms with Crippen LogP contribution in [-0.2, 0) is 4.79 Å². The number of carbonyl (C=O) groups is 2. The molecule has 1 aliphatic heterocycles. The van der Waals surface area contributed by atoms with E-state index in [1.54, 1.807) is 29.3 Å². The molecule has 0 bridgehead atoms. The van der Waals surface area contributed by atoms with Crippen molar-refractivity contribution in [2.75, 3.05) is 31.1 Å². The third-order valence-corrected chi connectivity index (χ3v) is 5.25. The first-order valence-corrected chi connectivity index (χ1v) is 9.32. The minimum Gasteiger partial charge on any atom is -0.368 e. The highest BCUT2D eigenvalue weighted by molar-refractivity contribution is 6.45. The number of nitrogens with one attached hydrogen (secondary N) is 1. The number of Topliss-reactive ketones (excluding diaryl/α,β-unsaturated/α-hetero) is 1. The van der Waals surface area contributed by atoms with Crippen molar-refractivity contribution in [3.8, 4) is 0 Å². The van der Waals surface area contributed by atoms with Crippen molar-refractivity contribution in [3.63, 3.8) is 0 Å². The Bertz CT molecular complexity index is 1020. The smallest absolute Gasteiger partial charge is 0.295 e. The Hall–Kier alpha value is -2.79. The molecule has 2 heterocycles. The third kappa shape index (κ3) is 3.43. The van der Waals surface area contributed by atoms with Gasteiger partial charge in [-0.3, -0.25) is 9.59 Å². The largest absolute Gasteiger partial charge is 0.368 e. The number of benzene rings is 2. The molecule has 1 N–H and O–H groups in total. The molecule has 138 valence electrons. The predicted molar refractivity (Wildman–Crippen MR) is 108 cm³/mol. The number of hydrogen-bond donors (Lipinski definition) is 1. The number of hydrogen-bond acceptors (Lipinski definition) is 3. The van der Waals surface area contributed by atoms with Crippen LogP contribution in [0.4, 0.5) is 5.69 Å². The van der Waals surface area contributed by atoms with Crippen molar-refractivity contribution in [1.29, 1.82) is 0 Å². The van der Waals surface area contributed by atoms with Crippen LogP contribution >= 0.6 is 11.6 Å². The summed E-state index contributed by atoms with van der Waals surface area (Å²) in [6, 6.07) is 13.6. The van der Waals surface area contributed by atoms with E-state index >= 15 is 0 Å². The minimum absolute atomic E-state index is 0.396. The summed E-state index contributed by atoms with van der Waals surface area (Å²) < 4.78 is 0. The third-order valence-electron chi connectivity index (χ3n) is 5.02. The van der Waals surface area contributed by atoms with Crippen molar-refractivity contribution in [2.45, 2.75) is 6.92 Å². The van der Waals surface area contributed by atoms with Crippen LogP contribution in [0.25, 0.3) is 10.9 Å². The van der Waals surface area contributed by atoms with Crippen molar-refractivity contribution in [2.24, 2.45) is 0 Å². The van der Waals surface area contributed by atoms with Crippen molar-refractivity contribution >= 4 is 39.9 Å². The van der Waals surface area contributed by atoms with Gasteiger partial charge in [0.1, 0.15) is 0 Å². The Balaban J connectivity index is 1.46. The van der Waals surface area contributed by atoms with E-state index < -0.39 is 11.7 Å². The molecular formula is C21H20ClN3O2. The van der Waals surface area contributed by atoms with E-state index in [4.69, 9.17) is 11.6 Å². The average molecular weight is 382 g/mol. The first-order chi connectivity index (χ1) is 13.0. The first-order valence-electron chi connectivity index (χ1n) is 8.95. The number of nitrogens with zero attached hydrogens (tertiary/aromatic N) is 2. The molecule has 0 radical (unpaired) electrons. The van der Waals surface area contributed by atoms with Crippen LogP contribution in [0.5, 0.6) is 0 Å². The van der Waals surface area contributed by atoms with Gasteiger partial charge in [0.25, 0.3) is 11.7 Å². The molecule has 4 rings (SSSR count). The van der Waals surface area contributed by atoms with E-state index in [0.29, 0.717) is 36.8 Å². The molecular weight excluding hydrogens is 362 g/mol. The summed E-state index contributed by atoms with van der Waals surface area (Å²) in [5, 5.41) is 1.30. The van der Waals surface area contributed by atoms with Crippen molar-refractivity contribution in [1.82, 2.24) is 9.88 Å². The maximum Gasteiger partial charge on any atom is 0.295 e. The Morgan fingerprint density at radius 2 is 1.81 bits per heavy atom. The second kappa shape index (κ2) is 7.08.